The van der Waals surface area contributed by atoms with Crippen LogP contribution >= 0.6 is 22.7 Å². The van der Waals surface area contributed by atoms with Gasteiger partial charge in [-0.25, -0.2) is 0 Å². The molecule has 0 radical (unpaired) electrons. The second-order valence-electron chi connectivity index (χ2n) is 8.24. The Morgan fingerprint density at radius 3 is 2.28 bits per heavy atom. The second kappa shape index (κ2) is 10.9. The van der Waals surface area contributed by atoms with Gasteiger partial charge in [0.15, 0.2) is 0 Å². The first kappa shape index (κ1) is 22.8. The van der Waals surface area contributed by atoms with Crippen molar-refractivity contribution in [1.29, 1.82) is 0 Å². The summed E-state index contributed by atoms with van der Waals surface area (Å²) >= 11 is 3.81. The number of aromatic nitrogens is 1. The van der Waals surface area contributed by atoms with Crippen LogP contribution in [0.5, 0.6) is 0 Å². The molecule has 0 aliphatic carbocycles. The van der Waals surface area contributed by atoms with Gasteiger partial charge in [-0.05, 0) is 55.3 Å². The minimum atomic E-state index is 1.16. The number of anilines is 1. The van der Waals surface area contributed by atoms with Crippen LogP contribution in [-0.2, 0) is 7.05 Å². The Bertz CT molecular complexity index is 1180. The molecule has 0 fully saturated rings. The van der Waals surface area contributed by atoms with Crippen LogP contribution in [0, 0.1) is 0 Å². The standard InChI is InChI=1S/C28H33N2S2/c1-4-6-20-30(21-7-5-2)28-19-18-27(32-28)26-17-16-24(31-26)15-14-23-13-12-22-10-8-9-11-25(22)29(23)3/h8-19H,4-7,20-21H2,1-3H3/q+1. The van der Waals surface area contributed by atoms with Crippen LogP contribution in [0.15, 0.2) is 60.7 Å². The summed E-state index contributed by atoms with van der Waals surface area (Å²) in [6, 6.07) is 22.0. The third-order valence-electron chi connectivity index (χ3n) is 5.87. The normalized spacial score (nSPS) is 11.6. The van der Waals surface area contributed by atoms with E-state index < -0.39 is 0 Å². The van der Waals surface area contributed by atoms with Crippen molar-refractivity contribution in [2.24, 2.45) is 7.05 Å². The van der Waals surface area contributed by atoms with Gasteiger partial charge in [-0.2, -0.15) is 4.57 Å². The quantitative estimate of drug-likeness (QED) is 0.217. The maximum atomic E-state index is 2.58. The minimum absolute atomic E-state index is 1.16. The summed E-state index contributed by atoms with van der Waals surface area (Å²) in [7, 11) is 2.14. The van der Waals surface area contributed by atoms with Crippen molar-refractivity contribution in [1.82, 2.24) is 0 Å². The number of fused-ring (bicyclic) bond motifs is 1. The fraction of sp³-hybridized carbons (Fsp3) is 0.321. The average Bonchev–Trinajstić information content (AvgIpc) is 3.49. The molecule has 0 bridgehead atoms. The van der Waals surface area contributed by atoms with Gasteiger partial charge in [0.1, 0.15) is 7.05 Å². The number of pyridine rings is 1. The molecule has 0 aliphatic rings. The first-order valence-electron chi connectivity index (χ1n) is 11.7. The molecule has 4 rings (SSSR count). The summed E-state index contributed by atoms with van der Waals surface area (Å²) in [5, 5.41) is 2.68. The number of benzene rings is 1. The van der Waals surface area contributed by atoms with Gasteiger partial charge < -0.3 is 4.90 Å². The topological polar surface area (TPSA) is 7.12 Å². The van der Waals surface area contributed by atoms with Crippen molar-refractivity contribution in [2.45, 2.75) is 39.5 Å². The third-order valence-corrected chi connectivity index (χ3v) is 8.27. The lowest BCUT2D eigenvalue weighted by Gasteiger charge is -2.22. The van der Waals surface area contributed by atoms with E-state index in [1.165, 1.54) is 61.9 Å². The molecule has 1 aromatic carbocycles. The van der Waals surface area contributed by atoms with E-state index in [1.807, 2.05) is 22.7 Å². The Labute approximate surface area is 200 Å². The molecule has 0 saturated heterocycles. The van der Waals surface area contributed by atoms with E-state index in [0.29, 0.717) is 0 Å². The van der Waals surface area contributed by atoms with Gasteiger partial charge in [-0.15, -0.1) is 22.7 Å². The third kappa shape index (κ3) is 5.31. The number of aryl methyl sites for hydroxylation is 1. The number of unbranched alkanes of at least 4 members (excludes halogenated alkanes) is 2. The molecule has 2 nitrogen and oxygen atoms in total. The molecular weight excluding hydrogens is 428 g/mol. The zero-order valence-electron chi connectivity index (χ0n) is 19.4. The van der Waals surface area contributed by atoms with Crippen LogP contribution in [0.25, 0.3) is 32.8 Å². The lowest BCUT2D eigenvalue weighted by atomic mass is 10.2. The molecule has 3 heterocycles. The molecule has 3 aromatic heterocycles. The lowest BCUT2D eigenvalue weighted by molar-refractivity contribution is -0.646. The number of thiophene rings is 2. The fourth-order valence-electron chi connectivity index (χ4n) is 3.93. The van der Waals surface area contributed by atoms with E-state index in [4.69, 9.17) is 0 Å². The average molecular weight is 462 g/mol. The molecule has 0 unspecified atom stereocenters. The minimum Gasteiger partial charge on any atom is -0.363 e. The van der Waals surface area contributed by atoms with Gasteiger partial charge in [-0.1, -0.05) is 38.8 Å². The van der Waals surface area contributed by atoms with Gasteiger partial charge in [-0.3, -0.25) is 0 Å². The Kier molecular flexibility index (Phi) is 7.77. The zero-order valence-corrected chi connectivity index (χ0v) is 21.0. The number of para-hydroxylation sites is 1. The molecule has 166 valence electrons. The molecule has 4 aromatic rings. The van der Waals surface area contributed by atoms with Gasteiger partial charge in [0.25, 0.3) is 0 Å². The number of hydrogen-bond donors (Lipinski definition) is 0. The Morgan fingerprint density at radius 2 is 1.50 bits per heavy atom. The highest BCUT2D eigenvalue weighted by molar-refractivity contribution is 7.24. The van der Waals surface area contributed by atoms with Crippen molar-refractivity contribution in [3.8, 4) is 9.75 Å². The predicted molar refractivity (Wildman–Crippen MR) is 144 cm³/mol. The van der Waals surface area contributed by atoms with E-state index in [1.54, 1.807) is 0 Å². The smallest absolute Gasteiger partial charge is 0.212 e. The number of nitrogens with zero attached hydrogens (tertiary/aromatic N) is 2. The van der Waals surface area contributed by atoms with Crippen LogP contribution in [0.1, 0.15) is 50.1 Å². The van der Waals surface area contributed by atoms with Crippen LogP contribution in [-0.4, -0.2) is 13.1 Å². The van der Waals surface area contributed by atoms with Gasteiger partial charge in [0, 0.05) is 51.3 Å². The van der Waals surface area contributed by atoms with Gasteiger partial charge in [0.2, 0.25) is 11.2 Å². The Balaban J connectivity index is 1.50. The van der Waals surface area contributed by atoms with Crippen LogP contribution in [0.4, 0.5) is 5.00 Å². The molecule has 0 atom stereocenters. The van der Waals surface area contributed by atoms with Gasteiger partial charge >= 0.3 is 0 Å². The summed E-state index contributed by atoms with van der Waals surface area (Å²) in [6.07, 6.45) is 9.47. The molecule has 0 N–H and O–H groups in total. The molecule has 0 saturated carbocycles. The van der Waals surface area contributed by atoms with Crippen molar-refractivity contribution in [3.05, 3.63) is 71.2 Å². The van der Waals surface area contributed by atoms with E-state index in [-0.39, 0.29) is 0 Å². The summed E-state index contributed by atoms with van der Waals surface area (Å²) in [6.45, 7) is 6.88. The van der Waals surface area contributed by atoms with Crippen molar-refractivity contribution < 1.29 is 4.57 Å². The zero-order chi connectivity index (χ0) is 22.3. The first-order valence-corrected chi connectivity index (χ1v) is 13.3. The van der Waals surface area contributed by atoms with Gasteiger partial charge in [0.05, 0.1) is 5.00 Å². The van der Waals surface area contributed by atoms with E-state index >= 15 is 0 Å². The van der Waals surface area contributed by atoms with Crippen LogP contribution in [0.2, 0.25) is 0 Å². The van der Waals surface area contributed by atoms with E-state index in [9.17, 15) is 0 Å². The van der Waals surface area contributed by atoms with Crippen LogP contribution < -0.4 is 9.47 Å². The summed E-state index contributed by atoms with van der Waals surface area (Å²) in [4.78, 5) is 6.60. The largest absolute Gasteiger partial charge is 0.363 e. The summed E-state index contributed by atoms with van der Waals surface area (Å²) in [5.74, 6) is 0. The first-order chi connectivity index (χ1) is 15.7. The number of rotatable bonds is 10. The fourth-order valence-corrected chi connectivity index (χ4v) is 5.99. The van der Waals surface area contributed by atoms with Crippen molar-refractivity contribution >= 4 is 50.7 Å². The Morgan fingerprint density at radius 1 is 0.781 bits per heavy atom. The SMILES string of the molecule is CCCCN(CCCC)c1ccc(-c2ccc(/C=C/c3ccc4ccccc4[n+]3C)s2)s1. The van der Waals surface area contributed by atoms with Crippen LogP contribution in [0.3, 0.4) is 0 Å². The lowest BCUT2D eigenvalue weighted by Crippen LogP contribution is -2.32. The highest BCUT2D eigenvalue weighted by Crippen LogP contribution is 2.38. The molecule has 0 spiro atoms. The summed E-state index contributed by atoms with van der Waals surface area (Å²) < 4.78 is 2.26. The number of hydrogen-bond acceptors (Lipinski definition) is 3. The maximum Gasteiger partial charge on any atom is 0.212 e. The van der Waals surface area contributed by atoms with Crippen molar-refractivity contribution in [2.75, 3.05) is 18.0 Å². The predicted octanol–water partition coefficient (Wildman–Crippen LogP) is 8.03. The molecule has 0 amide bonds. The molecule has 4 heteroatoms. The van der Waals surface area contributed by atoms with E-state index in [2.05, 4.69) is 103 Å². The second-order valence-corrected chi connectivity index (χ2v) is 10.4. The summed E-state index contributed by atoms with van der Waals surface area (Å²) in [5.41, 5.74) is 2.46. The Hall–Kier alpha value is -2.43. The highest BCUT2D eigenvalue weighted by Gasteiger charge is 2.12. The monoisotopic (exact) mass is 461 g/mol. The molecular formula is C28H33N2S2+. The molecule has 32 heavy (non-hydrogen) atoms. The van der Waals surface area contributed by atoms with Crippen molar-refractivity contribution in [3.63, 3.8) is 0 Å². The molecule has 0 aliphatic heterocycles. The maximum absolute atomic E-state index is 2.58. The highest BCUT2D eigenvalue weighted by atomic mass is 32.1. The van der Waals surface area contributed by atoms with E-state index in [0.717, 1.165) is 13.1 Å².